The van der Waals surface area contributed by atoms with E-state index in [1.807, 2.05) is 41.9 Å². The Morgan fingerprint density at radius 3 is 2.27 bits per heavy atom. The number of unbranched alkanes of at least 4 members (excludes halogenated alkanes) is 3. The zero-order chi connectivity index (χ0) is 41.0. The highest BCUT2D eigenvalue weighted by atomic mass is 16.6. The van der Waals surface area contributed by atoms with E-state index < -0.39 is 30.2 Å². The van der Waals surface area contributed by atoms with E-state index >= 15 is 0 Å². The van der Waals surface area contributed by atoms with Crippen LogP contribution in [0.3, 0.4) is 0 Å². The maximum Gasteiger partial charge on any atom is 0.427 e. The fraction of sp³-hybridized carbons (Fsp3) is 0.368. The summed E-state index contributed by atoms with van der Waals surface area (Å²) < 4.78 is 12.1. The molecule has 56 heavy (non-hydrogen) atoms. The fourth-order valence-corrected chi connectivity index (χ4v) is 4.99. The van der Waals surface area contributed by atoms with Gasteiger partial charge in [-0.25, -0.2) is 29.8 Å². The van der Waals surface area contributed by atoms with E-state index in [2.05, 4.69) is 27.8 Å². The van der Waals surface area contributed by atoms with E-state index in [1.54, 1.807) is 49.7 Å². The molecule has 0 fully saturated rings. The van der Waals surface area contributed by atoms with Gasteiger partial charge in [-0.1, -0.05) is 44.4 Å². The number of aromatic nitrogens is 3. The van der Waals surface area contributed by atoms with Crippen LogP contribution >= 0.6 is 0 Å². The molecule has 0 saturated carbocycles. The molecule has 2 heterocycles. The lowest BCUT2D eigenvalue weighted by Gasteiger charge is -2.21. The van der Waals surface area contributed by atoms with Crippen LogP contribution in [0.25, 0.3) is 11.0 Å². The van der Waals surface area contributed by atoms with Crippen LogP contribution in [0.2, 0.25) is 0 Å². The van der Waals surface area contributed by atoms with E-state index in [4.69, 9.17) is 34.9 Å². The summed E-state index contributed by atoms with van der Waals surface area (Å²) in [5.74, 6) is -2.96. The van der Waals surface area contributed by atoms with E-state index in [1.165, 1.54) is 4.90 Å². The molecule has 0 aliphatic rings. The number of rotatable bonds is 19. The van der Waals surface area contributed by atoms with Gasteiger partial charge in [-0.15, -0.1) is 0 Å². The number of carboxylic acids is 2. The first-order chi connectivity index (χ1) is 26.9. The largest absolute Gasteiger partial charge is 0.479 e. The molecule has 2 amide bonds. The SMILES string of the molecule is CCCCCCOC(=O)NN=Cc1ccc(NCc2nc3cc(C(=O)N(CCC(=O)OCC)c4ccccn4)ccc3n2C)cc1.O=C(O)C(O)C(O)C(=O)O. The Hall–Kier alpha value is -6.40. The number of nitrogens with one attached hydrogen (secondary N) is 2. The number of ether oxygens (including phenoxy) is 2. The number of aryl methyl sites for hydroxylation is 1. The number of anilines is 2. The van der Waals surface area contributed by atoms with Gasteiger partial charge in [-0.05, 0) is 61.4 Å². The number of imidazole rings is 1. The van der Waals surface area contributed by atoms with Crippen molar-refractivity contribution < 1.29 is 53.9 Å². The number of hydrazone groups is 1. The number of hydrogen-bond acceptors (Lipinski definition) is 13. The minimum Gasteiger partial charge on any atom is -0.479 e. The minimum absolute atomic E-state index is 0.0519. The Bertz CT molecular complexity index is 1920. The first-order valence-electron chi connectivity index (χ1n) is 17.8. The van der Waals surface area contributed by atoms with Crippen molar-refractivity contribution in [3.05, 3.63) is 83.8 Å². The van der Waals surface area contributed by atoms with Crippen molar-refractivity contribution in [2.75, 3.05) is 30.0 Å². The summed E-state index contributed by atoms with van der Waals surface area (Å²) in [7, 11) is 1.93. The molecule has 4 aromatic rings. The Kier molecular flexibility index (Phi) is 17.9. The number of fused-ring (bicyclic) bond motifs is 1. The van der Waals surface area contributed by atoms with Crippen molar-refractivity contribution in [2.24, 2.45) is 12.1 Å². The molecule has 0 radical (unpaired) electrons. The number of pyridine rings is 1. The number of benzene rings is 2. The molecular weight excluding hydrogens is 730 g/mol. The topological polar surface area (TPSA) is 255 Å². The second kappa shape index (κ2) is 22.7. The predicted molar refractivity (Wildman–Crippen MR) is 205 cm³/mol. The van der Waals surface area contributed by atoms with Crippen LogP contribution in [0.5, 0.6) is 0 Å². The van der Waals surface area contributed by atoms with Crippen LogP contribution in [-0.2, 0) is 37.4 Å². The molecule has 18 heteroatoms. The van der Waals surface area contributed by atoms with Gasteiger partial charge in [0.1, 0.15) is 11.6 Å². The quantitative estimate of drug-likeness (QED) is 0.0344. The number of aliphatic hydroxyl groups excluding tert-OH is 2. The highest BCUT2D eigenvalue weighted by molar-refractivity contribution is 6.07. The number of aliphatic carboxylic acids is 2. The van der Waals surface area contributed by atoms with Gasteiger partial charge in [0.25, 0.3) is 5.91 Å². The number of nitrogens with zero attached hydrogens (tertiary/aromatic N) is 5. The smallest absolute Gasteiger partial charge is 0.427 e. The van der Waals surface area contributed by atoms with Gasteiger partial charge in [-0.3, -0.25) is 14.5 Å². The molecular formula is C38H47N7O11. The van der Waals surface area contributed by atoms with Crippen molar-refractivity contribution in [1.82, 2.24) is 20.0 Å². The second-order valence-electron chi connectivity index (χ2n) is 12.1. The molecule has 6 N–H and O–H groups in total. The van der Waals surface area contributed by atoms with Crippen LogP contribution in [-0.4, -0.2) is 103 Å². The minimum atomic E-state index is -2.27. The number of aliphatic hydroxyl groups is 2. The number of esters is 1. The Balaban J connectivity index is 0.000000739. The van der Waals surface area contributed by atoms with Crippen molar-refractivity contribution in [2.45, 2.75) is 64.7 Å². The summed E-state index contributed by atoms with van der Waals surface area (Å²) in [5.41, 5.74) is 6.07. The highest BCUT2D eigenvalue weighted by Gasteiger charge is 2.29. The summed E-state index contributed by atoms with van der Waals surface area (Å²) in [4.78, 5) is 67.5. The lowest BCUT2D eigenvalue weighted by atomic mass is 10.1. The average molecular weight is 778 g/mol. The first kappa shape index (κ1) is 44.0. The van der Waals surface area contributed by atoms with Gasteiger partial charge in [0.15, 0.2) is 12.2 Å². The number of amides is 2. The number of hydrogen-bond donors (Lipinski definition) is 6. The van der Waals surface area contributed by atoms with Crippen LogP contribution in [0.1, 0.15) is 67.7 Å². The number of carboxylic acid groups (broad SMARTS) is 2. The van der Waals surface area contributed by atoms with Crippen LogP contribution in [0, 0.1) is 0 Å². The molecule has 2 aromatic heterocycles. The average Bonchev–Trinajstić information content (AvgIpc) is 3.51. The van der Waals surface area contributed by atoms with Crippen LogP contribution in [0.4, 0.5) is 16.3 Å². The van der Waals surface area contributed by atoms with Crippen molar-refractivity contribution >= 4 is 58.7 Å². The lowest BCUT2D eigenvalue weighted by molar-refractivity contribution is -0.165. The Morgan fingerprint density at radius 1 is 0.929 bits per heavy atom. The summed E-state index contributed by atoms with van der Waals surface area (Å²) in [6, 6.07) is 18.3. The number of carbonyl (C=O) groups is 5. The third kappa shape index (κ3) is 13.8. The Labute approximate surface area is 322 Å². The molecule has 0 spiro atoms. The summed E-state index contributed by atoms with van der Waals surface area (Å²) in [6.07, 6.45) is 2.26. The van der Waals surface area contributed by atoms with E-state index in [0.29, 0.717) is 30.0 Å². The molecule has 2 unspecified atom stereocenters. The molecule has 0 aliphatic carbocycles. The van der Waals surface area contributed by atoms with Gasteiger partial charge in [0, 0.05) is 31.0 Å². The molecule has 4 rings (SSSR count). The monoisotopic (exact) mass is 777 g/mol. The predicted octanol–water partition coefficient (Wildman–Crippen LogP) is 3.70. The van der Waals surface area contributed by atoms with E-state index in [9.17, 15) is 24.0 Å². The number of carbonyl (C=O) groups excluding carboxylic acids is 3. The van der Waals surface area contributed by atoms with Gasteiger partial charge in [0.2, 0.25) is 0 Å². The zero-order valence-electron chi connectivity index (χ0n) is 31.3. The maximum absolute atomic E-state index is 13.6. The second-order valence-corrected chi connectivity index (χ2v) is 12.1. The molecule has 18 nitrogen and oxygen atoms in total. The van der Waals surface area contributed by atoms with E-state index in [-0.39, 0.29) is 31.4 Å². The molecule has 2 atom stereocenters. The molecule has 2 aromatic carbocycles. The Morgan fingerprint density at radius 2 is 1.64 bits per heavy atom. The first-order valence-corrected chi connectivity index (χ1v) is 17.8. The summed E-state index contributed by atoms with van der Waals surface area (Å²) in [5, 5.41) is 39.9. The molecule has 300 valence electrons. The third-order valence-electron chi connectivity index (χ3n) is 8.00. The molecule has 0 aliphatic heterocycles. The van der Waals surface area contributed by atoms with Crippen LogP contribution in [0.15, 0.2) is 72.0 Å². The summed E-state index contributed by atoms with van der Waals surface area (Å²) >= 11 is 0. The highest BCUT2D eigenvalue weighted by Crippen LogP contribution is 2.21. The fourth-order valence-electron chi connectivity index (χ4n) is 4.99. The van der Waals surface area contributed by atoms with Crippen molar-refractivity contribution in [3.63, 3.8) is 0 Å². The third-order valence-corrected chi connectivity index (χ3v) is 8.00. The standard InChI is InChI=1S/C34H41N7O5.C4H6O6/c1-4-6-7-10-21-46-34(44)39-37-23-25-12-15-27(16-13-25)36-24-31-38-28-22-26(14-17-29(28)40(31)3)33(43)41(20-18-32(42)45-5-2)30-11-8-9-19-35-30;5-1(3(7)8)2(6)4(9)10/h8-9,11-17,19,22-23,36H,4-7,10,18,20-21,24H2,1-3H3,(H,39,44);1-2,5-6H,(H,7,8)(H,9,10). The lowest BCUT2D eigenvalue weighted by Crippen LogP contribution is -2.39. The zero-order valence-corrected chi connectivity index (χ0v) is 31.3. The molecule has 0 saturated heterocycles. The maximum atomic E-state index is 13.6. The van der Waals surface area contributed by atoms with Crippen molar-refractivity contribution in [3.8, 4) is 0 Å². The van der Waals surface area contributed by atoms with Crippen molar-refractivity contribution in [1.29, 1.82) is 0 Å². The summed E-state index contributed by atoms with van der Waals surface area (Å²) in [6.45, 7) is 5.13. The van der Waals surface area contributed by atoms with Gasteiger partial charge in [-0.2, -0.15) is 5.10 Å². The normalized spacial score (nSPS) is 11.9. The van der Waals surface area contributed by atoms with Gasteiger partial charge in [0.05, 0.1) is 43.4 Å². The van der Waals surface area contributed by atoms with Crippen LogP contribution < -0.4 is 15.6 Å². The van der Waals surface area contributed by atoms with E-state index in [0.717, 1.165) is 48.3 Å². The molecule has 0 bridgehead atoms. The van der Waals surface area contributed by atoms with Gasteiger partial charge < -0.3 is 39.8 Å². The van der Waals surface area contributed by atoms with Gasteiger partial charge >= 0.3 is 24.0 Å².